The van der Waals surface area contributed by atoms with Crippen LogP contribution in [0.25, 0.3) is 15.7 Å². The summed E-state index contributed by atoms with van der Waals surface area (Å²) < 4.78 is 5.04. The van der Waals surface area contributed by atoms with Gasteiger partial charge in [-0.25, -0.2) is 9.67 Å². The van der Waals surface area contributed by atoms with Crippen molar-refractivity contribution in [3.63, 3.8) is 0 Å². The van der Waals surface area contributed by atoms with E-state index in [-0.39, 0.29) is 5.78 Å². The molecule has 4 aromatic heterocycles. The Morgan fingerprint density at radius 3 is 2.94 bits per heavy atom. The predicted molar refractivity (Wildman–Crippen MR) is 121 cm³/mol. The summed E-state index contributed by atoms with van der Waals surface area (Å²) in [5.41, 5.74) is 4.79. The first kappa shape index (κ1) is 18.4. The molecule has 0 bridgehead atoms. The van der Waals surface area contributed by atoms with E-state index in [1.54, 1.807) is 22.2 Å². The van der Waals surface area contributed by atoms with Crippen LogP contribution in [-0.2, 0) is 13.0 Å². The lowest BCUT2D eigenvalue weighted by Gasteiger charge is -2.00. The number of aromatic nitrogens is 5. The van der Waals surface area contributed by atoms with Crippen molar-refractivity contribution in [1.82, 2.24) is 24.4 Å². The third-order valence-electron chi connectivity index (χ3n) is 5.88. The lowest BCUT2D eigenvalue weighted by Crippen LogP contribution is -2.02. The van der Waals surface area contributed by atoms with Gasteiger partial charge in [-0.2, -0.15) is 0 Å². The van der Waals surface area contributed by atoms with Crippen molar-refractivity contribution >= 4 is 32.9 Å². The Kier molecular flexibility index (Phi) is 4.42. The number of ketones is 1. The van der Waals surface area contributed by atoms with E-state index in [1.807, 2.05) is 6.20 Å². The molecule has 7 heteroatoms. The van der Waals surface area contributed by atoms with Crippen LogP contribution in [0.4, 0.5) is 0 Å². The largest absolute Gasteiger partial charge is 0.306 e. The molecule has 0 radical (unpaired) electrons. The summed E-state index contributed by atoms with van der Waals surface area (Å²) in [6.45, 7) is 0.496. The first-order valence-corrected chi connectivity index (χ1v) is 11.5. The molecule has 0 amide bonds. The molecule has 31 heavy (non-hydrogen) atoms. The molecule has 1 saturated carbocycles. The molecule has 0 N–H and O–H groups in total. The second kappa shape index (κ2) is 7.42. The minimum absolute atomic E-state index is 0.0146. The van der Waals surface area contributed by atoms with Crippen LogP contribution in [0.2, 0.25) is 0 Å². The first-order valence-electron chi connectivity index (χ1n) is 10.6. The quantitative estimate of drug-likeness (QED) is 0.347. The molecule has 0 spiro atoms. The lowest BCUT2D eigenvalue weighted by molar-refractivity contribution is 0.0978. The van der Waals surface area contributed by atoms with Crippen LogP contribution >= 0.6 is 11.3 Å². The Balaban J connectivity index is 1.12. The molecule has 0 atom stereocenters. The monoisotopic (exact) mass is 427 g/mol. The van der Waals surface area contributed by atoms with Crippen molar-refractivity contribution in [1.29, 1.82) is 0 Å². The summed E-state index contributed by atoms with van der Waals surface area (Å²) in [6.07, 6.45) is 9.62. The number of rotatable bonds is 7. The SMILES string of the molecule is O=C(CCc1ccc2sccc2c1)c1cn(Cc2cn3cc(C4CC4)ccc3n2)nn1. The number of hydrogen-bond acceptors (Lipinski definition) is 5. The van der Waals surface area contributed by atoms with Gasteiger partial charge in [0.15, 0.2) is 5.78 Å². The van der Waals surface area contributed by atoms with E-state index in [2.05, 4.69) is 67.7 Å². The van der Waals surface area contributed by atoms with Gasteiger partial charge in [0, 0.05) is 23.5 Å². The van der Waals surface area contributed by atoms with Crippen molar-refractivity contribution in [3.05, 3.63) is 82.9 Å². The van der Waals surface area contributed by atoms with Gasteiger partial charge in [-0.15, -0.1) is 16.4 Å². The highest BCUT2D eigenvalue weighted by atomic mass is 32.1. The molecule has 154 valence electrons. The highest BCUT2D eigenvalue weighted by Gasteiger charge is 2.23. The molecule has 1 fully saturated rings. The maximum absolute atomic E-state index is 12.6. The van der Waals surface area contributed by atoms with E-state index in [4.69, 9.17) is 0 Å². The van der Waals surface area contributed by atoms with Crippen LogP contribution in [0.3, 0.4) is 0 Å². The fourth-order valence-corrected chi connectivity index (χ4v) is 4.79. The second-order valence-electron chi connectivity index (χ2n) is 8.25. The summed E-state index contributed by atoms with van der Waals surface area (Å²) in [5.74, 6) is 0.729. The van der Waals surface area contributed by atoms with E-state index in [0.717, 1.165) is 11.3 Å². The molecule has 0 saturated heterocycles. The molecule has 6 nitrogen and oxygen atoms in total. The van der Waals surface area contributed by atoms with E-state index >= 15 is 0 Å². The zero-order valence-electron chi connectivity index (χ0n) is 16.9. The summed E-state index contributed by atoms with van der Waals surface area (Å²) >= 11 is 1.73. The van der Waals surface area contributed by atoms with Crippen LogP contribution in [0.5, 0.6) is 0 Å². The molecule has 1 aromatic carbocycles. The fourth-order valence-electron chi connectivity index (χ4n) is 4.02. The average molecular weight is 428 g/mol. The number of pyridine rings is 1. The third kappa shape index (κ3) is 3.77. The van der Waals surface area contributed by atoms with Gasteiger partial charge in [0.05, 0.1) is 18.4 Å². The number of thiophene rings is 1. The molecular formula is C24H21N5OS. The molecule has 5 aromatic rings. The van der Waals surface area contributed by atoms with Crippen molar-refractivity contribution in [2.24, 2.45) is 0 Å². The van der Waals surface area contributed by atoms with Crippen LogP contribution in [-0.4, -0.2) is 30.2 Å². The number of benzene rings is 1. The Bertz CT molecular complexity index is 1410. The Hall–Kier alpha value is -3.32. The van der Waals surface area contributed by atoms with Crippen LogP contribution in [0.1, 0.15) is 52.5 Å². The van der Waals surface area contributed by atoms with Gasteiger partial charge in [0.1, 0.15) is 11.3 Å². The van der Waals surface area contributed by atoms with Crippen LogP contribution in [0.15, 0.2) is 60.4 Å². The Labute approximate surface area is 183 Å². The minimum Gasteiger partial charge on any atom is -0.306 e. The Morgan fingerprint density at radius 2 is 2.03 bits per heavy atom. The molecular weight excluding hydrogens is 406 g/mol. The topological polar surface area (TPSA) is 65.1 Å². The number of hydrogen-bond donors (Lipinski definition) is 0. The van der Waals surface area contributed by atoms with Crippen molar-refractivity contribution in [2.45, 2.75) is 38.1 Å². The number of carbonyl (C=O) groups excluding carboxylic acids is 1. The first-order chi connectivity index (χ1) is 15.2. The highest BCUT2D eigenvalue weighted by Crippen LogP contribution is 2.39. The average Bonchev–Trinajstić information content (AvgIpc) is 3.17. The maximum Gasteiger partial charge on any atom is 0.185 e. The van der Waals surface area contributed by atoms with Crippen molar-refractivity contribution in [2.75, 3.05) is 0 Å². The van der Waals surface area contributed by atoms with Gasteiger partial charge >= 0.3 is 0 Å². The molecule has 1 aliphatic carbocycles. The fraction of sp³-hybridized carbons (Fsp3) is 0.250. The number of carbonyl (C=O) groups is 1. The van der Waals surface area contributed by atoms with Gasteiger partial charge < -0.3 is 4.40 Å². The van der Waals surface area contributed by atoms with E-state index in [1.165, 1.54) is 34.1 Å². The molecule has 6 rings (SSSR count). The molecule has 4 heterocycles. The van der Waals surface area contributed by atoms with E-state index in [9.17, 15) is 4.79 Å². The predicted octanol–water partition coefficient (Wildman–Crippen LogP) is 4.88. The molecule has 0 aliphatic heterocycles. The normalized spacial score (nSPS) is 13.9. The second-order valence-corrected chi connectivity index (χ2v) is 9.20. The zero-order chi connectivity index (χ0) is 20.8. The van der Waals surface area contributed by atoms with Crippen LogP contribution < -0.4 is 0 Å². The summed E-state index contributed by atoms with van der Waals surface area (Å²) in [7, 11) is 0. The third-order valence-corrected chi connectivity index (χ3v) is 6.78. The standard InChI is InChI=1S/C24H21N5OS/c30-22(6-1-16-2-7-23-18(11-16)9-10-31-23)21-15-29(27-26-21)14-20-13-28-12-19(17-3-4-17)5-8-24(28)25-20/h2,5,7-13,15,17H,1,3-4,6,14H2. The van der Waals surface area contributed by atoms with Gasteiger partial charge in [-0.1, -0.05) is 23.4 Å². The molecule has 0 unspecified atom stereocenters. The number of Topliss-reactive ketones (excluding diaryl/α,β-unsaturated/α-hetero) is 1. The van der Waals surface area contributed by atoms with Gasteiger partial charge in [-0.05, 0) is 65.3 Å². The Morgan fingerprint density at radius 1 is 1.10 bits per heavy atom. The van der Waals surface area contributed by atoms with Crippen molar-refractivity contribution < 1.29 is 4.79 Å². The lowest BCUT2D eigenvalue weighted by atomic mass is 10.1. The number of nitrogens with zero attached hydrogens (tertiary/aromatic N) is 5. The summed E-state index contributed by atoms with van der Waals surface area (Å²) in [6, 6.07) is 12.7. The van der Waals surface area contributed by atoms with Crippen molar-refractivity contribution in [3.8, 4) is 0 Å². The van der Waals surface area contributed by atoms with Gasteiger partial charge in [-0.3, -0.25) is 4.79 Å². The number of aryl methyl sites for hydroxylation is 1. The number of fused-ring (bicyclic) bond motifs is 2. The van der Waals surface area contributed by atoms with Gasteiger partial charge in [0.25, 0.3) is 0 Å². The zero-order valence-corrected chi connectivity index (χ0v) is 17.8. The summed E-state index contributed by atoms with van der Waals surface area (Å²) in [4.78, 5) is 17.3. The minimum atomic E-state index is 0.0146. The maximum atomic E-state index is 12.6. The van der Waals surface area contributed by atoms with Crippen LogP contribution in [0, 0.1) is 0 Å². The number of imidazole rings is 1. The van der Waals surface area contributed by atoms with Gasteiger partial charge in [0.2, 0.25) is 0 Å². The van der Waals surface area contributed by atoms with E-state index in [0.29, 0.717) is 31.0 Å². The summed E-state index contributed by atoms with van der Waals surface area (Å²) in [5, 5.41) is 11.6. The highest BCUT2D eigenvalue weighted by molar-refractivity contribution is 7.17. The van der Waals surface area contributed by atoms with E-state index < -0.39 is 0 Å². The smallest absolute Gasteiger partial charge is 0.185 e. The molecule has 1 aliphatic rings.